The van der Waals surface area contributed by atoms with Crippen LogP contribution in [0.15, 0.2) is 73.2 Å². The first kappa shape index (κ1) is 33.8. The highest BCUT2D eigenvalue weighted by atomic mass is 32.2. The quantitative estimate of drug-likeness (QED) is 0.154. The number of hydrogen-bond donors (Lipinski definition) is 3. The Morgan fingerprint density at radius 1 is 1.06 bits per heavy atom. The van der Waals surface area contributed by atoms with Gasteiger partial charge in [-0.3, -0.25) is 19.4 Å². The average Bonchev–Trinajstić information content (AvgIpc) is 3.61. The maximum Gasteiger partial charge on any atom is 0.335 e. The number of hydrogen-bond acceptors (Lipinski definition) is 10. The van der Waals surface area contributed by atoms with Gasteiger partial charge in [-0.25, -0.2) is 17.7 Å². The van der Waals surface area contributed by atoms with Gasteiger partial charge in [-0.05, 0) is 60.2 Å². The van der Waals surface area contributed by atoms with E-state index in [2.05, 4.69) is 25.1 Å². The van der Waals surface area contributed by atoms with Gasteiger partial charge in [0.15, 0.2) is 0 Å². The van der Waals surface area contributed by atoms with Gasteiger partial charge in [-0.1, -0.05) is 0 Å². The van der Waals surface area contributed by atoms with Crippen molar-refractivity contribution in [2.45, 2.75) is 12.5 Å². The van der Waals surface area contributed by atoms with Crippen LogP contribution in [0.4, 0.5) is 32.8 Å². The summed E-state index contributed by atoms with van der Waals surface area (Å²) in [6.07, 6.45) is 5.45. The summed E-state index contributed by atoms with van der Waals surface area (Å²) in [4.78, 5) is 25.8. The van der Waals surface area contributed by atoms with Crippen LogP contribution in [-0.4, -0.2) is 93.9 Å². The van der Waals surface area contributed by atoms with Gasteiger partial charge in [0.25, 0.3) is 11.3 Å². The summed E-state index contributed by atoms with van der Waals surface area (Å²) in [5.41, 5.74) is 3.85. The van der Waals surface area contributed by atoms with Crippen LogP contribution in [0.5, 0.6) is 11.5 Å². The summed E-state index contributed by atoms with van der Waals surface area (Å²) in [5, 5.41) is 13.4. The van der Waals surface area contributed by atoms with Crippen molar-refractivity contribution in [1.29, 1.82) is 0 Å². The Bertz CT molecular complexity index is 2190. The molecule has 0 spiro atoms. The number of benzene rings is 3. The van der Waals surface area contributed by atoms with Gasteiger partial charge in [0.1, 0.15) is 17.3 Å². The van der Waals surface area contributed by atoms with E-state index in [1.54, 1.807) is 54.9 Å². The largest absolute Gasteiger partial charge is 0.497 e. The van der Waals surface area contributed by atoms with E-state index in [9.17, 15) is 18.7 Å². The lowest BCUT2D eigenvalue weighted by atomic mass is 10.0. The minimum Gasteiger partial charge on any atom is -0.497 e. The molecule has 2 aromatic heterocycles. The van der Waals surface area contributed by atoms with Crippen LogP contribution in [-0.2, 0) is 22.4 Å². The predicted molar refractivity (Wildman–Crippen MR) is 195 cm³/mol. The summed E-state index contributed by atoms with van der Waals surface area (Å²) in [6, 6.07) is 14.8. The molecule has 0 radical (unpaired) electrons. The molecule has 5 aromatic rings. The fraction of sp³-hybridized carbons (Fsp3) is 0.270. The number of anilines is 5. The molecule has 3 aromatic carbocycles. The lowest BCUT2D eigenvalue weighted by Crippen LogP contribution is -2.56. The topological polar surface area (TPSA) is 150 Å². The van der Waals surface area contributed by atoms with Gasteiger partial charge in [0.2, 0.25) is 0 Å². The van der Waals surface area contributed by atoms with E-state index in [1.807, 2.05) is 0 Å². The highest BCUT2D eigenvalue weighted by Gasteiger charge is 2.30. The fourth-order valence-electron chi connectivity index (χ4n) is 6.95. The number of aromatic carboxylic acids is 1. The van der Waals surface area contributed by atoms with Crippen molar-refractivity contribution in [3.63, 3.8) is 0 Å². The second-order valence-corrected chi connectivity index (χ2v) is 13.6. The maximum atomic E-state index is 16.7. The van der Waals surface area contributed by atoms with Gasteiger partial charge in [0.05, 0.1) is 72.7 Å². The van der Waals surface area contributed by atoms with Crippen molar-refractivity contribution >= 4 is 56.6 Å². The highest BCUT2D eigenvalue weighted by Crippen LogP contribution is 2.44. The van der Waals surface area contributed by atoms with Crippen LogP contribution in [0.1, 0.15) is 15.9 Å². The molecule has 2 saturated heterocycles. The summed E-state index contributed by atoms with van der Waals surface area (Å²) in [7, 11) is 1.51. The second-order valence-electron chi connectivity index (χ2n) is 12.8. The van der Waals surface area contributed by atoms with Crippen molar-refractivity contribution in [3.8, 4) is 22.6 Å². The number of ether oxygens (including phenoxy) is 3. The third-order valence-electron chi connectivity index (χ3n) is 9.73. The number of carbonyl (C=O) groups is 1. The van der Waals surface area contributed by atoms with E-state index in [4.69, 9.17) is 14.2 Å². The molecule has 1 atom stereocenters. The third kappa shape index (κ3) is 6.36. The molecule has 0 amide bonds. The Labute approximate surface area is 301 Å². The minimum absolute atomic E-state index is 0.0284. The lowest BCUT2D eigenvalue weighted by Gasteiger charge is -2.43. The van der Waals surface area contributed by atoms with Gasteiger partial charge < -0.3 is 29.5 Å². The molecule has 3 aliphatic rings. The minimum atomic E-state index is -2.64. The molecule has 52 heavy (non-hydrogen) atoms. The van der Waals surface area contributed by atoms with Crippen molar-refractivity contribution in [2.75, 3.05) is 67.6 Å². The number of aromatic nitrogens is 2. The lowest BCUT2D eigenvalue weighted by molar-refractivity contribution is -0.0660. The van der Waals surface area contributed by atoms with Crippen LogP contribution < -0.4 is 24.0 Å². The van der Waals surface area contributed by atoms with Gasteiger partial charge in [-0.15, -0.1) is 0 Å². The molecule has 13 nitrogen and oxygen atoms in total. The Balaban J connectivity index is 1.25. The normalized spacial score (nSPS) is 16.6. The highest BCUT2D eigenvalue weighted by molar-refractivity contribution is 7.81. The molecular formula is C37H35FN6O7S. The van der Waals surface area contributed by atoms with E-state index in [-0.39, 0.29) is 27.8 Å². The maximum absolute atomic E-state index is 16.7. The first-order valence-electron chi connectivity index (χ1n) is 16.8. The Kier molecular flexibility index (Phi) is 9.09. The van der Waals surface area contributed by atoms with Crippen LogP contribution in [0.2, 0.25) is 0 Å². The number of nitrogens with zero attached hydrogens (tertiary/aromatic N) is 5. The summed E-state index contributed by atoms with van der Waals surface area (Å²) < 4.78 is 58.0. The summed E-state index contributed by atoms with van der Waals surface area (Å²) in [6.45, 7) is 4.88. The number of halogens is 1. The van der Waals surface area contributed by atoms with E-state index < -0.39 is 23.1 Å². The van der Waals surface area contributed by atoms with Crippen molar-refractivity contribution in [3.05, 3.63) is 90.1 Å². The molecular weight excluding hydrogens is 692 g/mol. The number of methoxy groups -OCH3 is 1. The molecule has 5 heterocycles. The SMILES string of the molecule is COc1ccc(N(c2cnc3cc(-c4cncc5c4OCC5)cc(F)c3c2Nc2cc(C(=O)O)cc(N3CCN(C4COC4)CC3)c2)S(=O)O)cc1. The molecule has 268 valence electrons. The zero-order valence-corrected chi connectivity index (χ0v) is 28.9. The number of nitrogens with one attached hydrogen (secondary N) is 1. The molecule has 1 unspecified atom stereocenters. The summed E-state index contributed by atoms with van der Waals surface area (Å²) in [5.74, 6) is -0.617. The van der Waals surface area contributed by atoms with Gasteiger partial charge >= 0.3 is 5.97 Å². The molecule has 3 aliphatic heterocycles. The monoisotopic (exact) mass is 726 g/mol. The van der Waals surface area contributed by atoms with Crippen LogP contribution >= 0.6 is 0 Å². The number of fused-ring (bicyclic) bond motifs is 2. The Hall–Kier alpha value is -5.35. The molecule has 0 aliphatic carbocycles. The van der Waals surface area contributed by atoms with Crippen LogP contribution in [0.3, 0.4) is 0 Å². The first-order chi connectivity index (χ1) is 25.3. The van der Waals surface area contributed by atoms with E-state index in [1.165, 1.54) is 25.4 Å². The van der Waals surface area contributed by atoms with Crippen molar-refractivity contribution in [1.82, 2.24) is 14.9 Å². The van der Waals surface area contributed by atoms with Gasteiger partial charge in [-0.2, -0.15) is 0 Å². The zero-order chi connectivity index (χ0) is 35.9. The molecule has 2 fully saturated rings. The first-order valence-corrected chi connectivity index (χ1v) is 17.8. The average molecular weight is 727 g/mol. The summed E-state index contributed by atoms with van der Waals surface area (Å²) >= 11 is -2.64. The second kappa shape index (κ2) is 14.0. The van der Waals surface area contributed by atoms with E-state index in [0.717, 1.165) is 23.0 Å². The Morgan fingerprint density at radius 2 is 1.85 bits per heavy atom. The predicted octanol–water partition coefficient (Wildman–Crippen LogP) is 5.62. The fourth-order valence-corrected chi connectivity index (χ4v) is 7.56. The zero-order valence-electron chi connectivity index (χ0n) is 28.1. The van der Waals surface area contributed by atoms with Crippen molar-refractivity contribution < 1.29 is 37.3 Å². The molecule has 15 heteroatoms. The number of carboxylic acid groups (broad SMARTS) is 1. The standard InChI is InChI=1S/C37H35FN6O7S/c1-49-29-4-2-26(3-5-29)44(52(47)48)33-19-40-32-15-23(30-18-39-17-22-6-11-51-36(22)30)14-31(38)34(32)35(33)41-25-12-24(37(45)46)13-27(16-25)42-7-9-43(10-8-42)28-20-50-21-28/h2-5,12-19,28H,6-11,20-21H2,1H3,(H,40,41)(H,45,46)(H,47,48). The van der Waals surface area contributed by atoms with E-state index >= 15 is 4.39 Å². The number of piperazine rings is 1. The van der Waals surface area contributed by atoms with Crippen LogP contribution in [0.25, 0.3) is 22.0 Å². The van der Waals surface area contributed by atoms with Crippen molar-refractivity contribution in [2.24, 2.45) is 0 Å². The Morgan fingerprint density at radius 3 is 2.54 bits per heavy atom. The number of rotatable bonds is 10. The number of pyridine rings is 2. The smallest absolute Gasteiger partial charge is 0.335 e. The third-order valence-corrected chi connectivity index (χ3v) is 10.5. The number of carboxylic acids is 1. The van der Waals surface area contributed by atoms with Crippen LogP contribution in [0, 0.1) is 5.82 Å². The molecule has 3 N–H and O–H groups in total. The molecule has 8 rings (SSSR count). The van der Waals surface area contributed by atoms with Gasteiger partial charge in [0, 0.05) is 67.5 Å². The van der Waals surface area contributed by atoms with E-state index in [0.29, 0.717) is 85.1 Å². The molecule has 0 saturated carbocycles. The molecule has 0 bridgehead atoms.